The highest BCUT2D eigenvalue weighted by atomic mass is 16.6. The lowest BCUT2D eigenvalue weighted by Crippen LogP contribution is -2.04. The topological polar surface area (TPSA) is 85.2 Å². The van der Waals surface area contributed by atoms with E-state index in [0.29, 0.717) is 13.0 Å². The Morgan fingerprint density at radius 1 is 1.47 bits per heavy atom. The number of ether oxygens (including phenoxy) is 1. The van der Waals surface area contributed by atoms with Crippen LogP contribution in [0.3, 0.4) is 0 Å². The van der Waals surface area contributed by atoms with Crippen LogP contribution in [0.25, 0.3) is 10.9 Å². The number of nitrogens with zero attached hydrogens (tertiary/aromatic N) is 1. The van der Waals surface area contributed by atoms with E-state index in [-0.39, 0.29) is 18.1 Å². The monoisotopic (exact) mass is 262 g/mol. The van der Waals surface area contributed by atoms with Gasteiger partial charge in [-0.3, -0.25) is 14.9 Å². The Morgan fingerprint density at radius 3 is 2.95 bits per heavy atom. The number of aromatic amines is 1. The minimum Gasteiger partial charge on any atom is -0.466 e. The van der Waals surface area contributed by atoms with Gasteiger partial charge in [-0.25, -0.2) is 0 Å². The zero-order chi connectivity index (χ0) is 13.8. The summed E-state index contributed by atoms with van der Waals surface area (Å²) in [5.41, 5.74) is 1.75. The minimum absolute atomic E-state index is 0.0458. The van der Waals surface area contributed by atoms with Gasteiger partial charge in [0.1, 0.15) is 0 Å². The van der Waals surface area contributed by atoms with Crippen molar-refractivity contribution in [2.24, 2.45) is 0 Å². The van der Waals surface area contributed by atoms with E-state index < -0.39 is 4.92 Å². The molecule has 0 radical (unpaired) electrons. The fourth-order valence-electron chi connectivity index (χ4n) is 1.96. The molecule has 0 atom stereocenters. The molecule has 6 nitrogen and oxygen atoms in total. The first-order valence-electron chi connectivity index (χ1n) is 6.02. The highest BCUT2D eigenvalue weighted by Gasteiger charge is 2.11. The Bertz CT molecular complexity index is 618. The molecule has 0 aliphatic carbocycles. The van der Waals surface area contributed by atoms with Crippen LogP contribution in [-0.2, 0) is 16.0 Å². The molecule has 1 aromatic heterocycles. The molecule has 0 aliphatic rings. The van der Waals surface area contributed by atoms with E-state index in [1.807, 2.05) is 0 Å². The Morgan fingerprint density at radius 2 is 2.26 bits per heavy atom. The first-order valence-corrected chi connectivity index (χ1v) is 6.02. The van der Waals surface area contributed by atoms with E-state index in [1.165, 1.54) is 12.1 Å². The lowest BCUT2D eigenvalue weighted by atomic mass is 10.1. The van der Waals surface area contributed by atoms with Crippen molar-refractivity contribution >= 4 is 22.6 Å². The van der Waals surface area contributed by atoms with Gasteiger partial charge in [-0.2, -0.15) is 0 Å². The largest absolute Gasteiger partial charge is 0.466 e. The lowest BCUT2D eigenvalue weighted by molar-refractivity contribution is -0.384. The fourth-order valence-corrected chi connectivity index (χ4v) is 1.96. The van der Waals surface area contributed by atoms with Gasteiger partial charge < -0.3 is 9.72 Å². The number of esters is 1. The van der Waals surface area contributed by atoms with Crippen LogP contribution in [-0.4, -0.2) is 22.5 Å². The molecule has 0 spiro atoms. The van der Waals surface area contributed by atoms with Crippen molar-refractivity contribution in [3.05, 3.63) is 40.1 Å². The molecule has 1 aromatic carbocycles. The molecule has 0 saturated heterocycles. The Hall–Kier alpha value is -2.37. The summed E-state index contributed by atoms with van der Waals surface area (Å²) >= 11 is 0. The number of hydrogen-bond acceptors (Lipinski definition) is 4. The van der Waals surface area contributed by atoms with E-state index >= 15 is 0 Å². The third kappa shape index (κ3) is 2.90. The zero-order valence-electron chi connectivity index (χ0n) is 10.5. The Balaban J connectivity index is 2.21. The van der Waals surface area contributed by atoms with Crippen molar-refractivity contribution in [3.8, 4) is 0 Å². The Kier molecular flexibility index (Phi) is 3.79. The van der Waals surface area contributed by atoms with Crippen molar-refractivity contribution in [1.82, 2.24) is 4.98 Å². The second-order valence-corrected chi connectivity index (χ2v) is 4.11. The second kappa shape index (κ2) is 5.51. The van der Waals surface area contributed by atoms with Crippen LogP contribution in [0.1, 0.15) is 18.9 Å². The van der Waals surface area contributed by atoms with Crippen LogP contribution in [0.4, 0.5) is 5.69 Å². The van der Waals surface area contributed by atoms with Gasteiger partial charge in [-0.15, -0.1) is 0 Å². The van der Waals surface area contributed by atoms with Crippen molar-refractivity contribution in [2.45, 2.75) is 19.8 Å². The van der Waals surface area contributed by atoms with E-state index in [4.69, 9.17) is 4.74 Å². The molecule has 2 aromatic rings. The highest BCUT2D eigenvalue weighted by molar-refractivity contribution is 5.85. The average molecular weight is 262 g/mol. The van der Waals surface area contributed by atoms with Gasteiger partial charge in [-0.05, 0) is 25.0 Å². The number of fused-ring (bicyclic) bond motifs is 1. The Labute approximate surface area is 109 Å². The van der Waals surface area contributed by atoms with Gasteiger partial charge in [-0.1, -0.05) is 0 Å². The summed E-state index contributed by atoms with van der Waals surface area (Å²) in [5.74, 6) is -0.262. The quantitative estimate of drug-likeness (QED) is 0.509. The second-order valence-electron chi connectivity index (χ2n) is 4.11. The van der Waals surface area contributed by atoms with Crippen LogP contribution >= 0.6 is 0 Å². The fraction of sp³-hybridized carbons (Fsp3) is 0.308. The number of carbonyl (C=O) groups is 1. The average Bonchev–Trinajstić information content (AvgIpc) is 2.79. The molecule has 100 valence electrons. The van der Waals surface area contributed by atoms with Crippen LogP contribution in [0.5, 0.6) is 0 Å². The summed E-state index contributed by atoms with van der Waals surface area (Å²) in [5, 5.41) is 11.5. The predicted octanol–water partition coefficient (Wildman–Crippen LogP) is 2.57. The van der Waals surface area contributed by atoms with E-state index in [9.17, 15) is 14.9 Å². The number of nitrogens with one attached hydrogen (secondary N) is 1. The van der Waals surface area contributed by atoms with Gasteiger partial charge in [0, 0.05) is 35.7 Å². The first kappa shape index (κ1) is 13.1. The normalized spacial score (nSPS) is 10.6. The predicted molar refractivity (Wildman–Crippen MR) is 69.9 cm³/mol. The summed E-state index contributed by atoms with van der Waals surface area (Å²) in [6.07, 6.45) is 2.54. The number of benzene rings is 1. The van der Waals surface area contributed by atoms with Gasteiger partial charge in [0.15, 0.2) is 0 Å². The molecule has 1 N–H and O–H groups in total. The molecular weight excluding hydrogens is 248 g/mol. The van der Waals surface area contributed by atoms with Crippen molar-refractivity contribution < 1.29 is 14.5 Å². The molecule has 0 saturated carbocycles. The standard InChI is InChI=1S/C13H14N2O4/c1-2-19-13(16)6-3-9-8-14-12-5-4-10(15(17)18)7-11(9)12/h4-5,7-8,14H,2-3,6H2,1H3. The van der Waals surface area contributed by atoms with Crippen molar-refractivity contribution in [2.75, 3.05) is 6.61 Å². The van der Waals surface area contributed by atoms with Gasteiger partial charge in [0.25, 0.3) is 5.69 Å². The summed E-state index contributed by atoms with van der Waals surface area (Å²) in [6.45, 7) is 2.12. The van der Waals surface area contributed by atoms with Crippen molar-refractivity contribution in [1.29, 1.82) is 0 Å². The lowest BCUT2D eigenvalue weighted by Gasteiger charge is -2.01. The molecule has 0 unspecified atom stereocenters. The van der Waals surface area contributed by atoms with Crippen LogP contribution in [0.15, 0.2) is 24.4 Å². The number of nitro benzene ring substituents is 1. The molecule has 0 amide bonds. The molecule has 0 aliphatic heterocycles. The number of aromatic nitrogens is 1. The van der Waals surface area contributed by atoms with Gasteiger partial charge in [0.05, 0.1) is 11.5 Å². The number of rotatable bonds is 5. The highest BCUT2D eigenvalue weighted by Crippen LogP contribution is 2.24. The van der Waals surface area contributed by atoms with Crippen LogP contribution < -0.4 is 0 Å². The van der Waals surface area contributed by atoms with E-state index in [1.54, 1.807) is 19.2 Å². The molecule has 6 heteroatoms. The number of carbonyl (C=O) groups excluding carboxylic acids is 1. The van der Waals surface area contributed by atoms with Crippen LogP contribution in [0, 0.1) is 10.1 Å². The number of non-ortho nitro benzene ring substituents is 1. The third-order valence-corrected chi connectivity index (χ3v) is 2.87. The maximum Gasteiger partial charge on any atom is 0.306 e. The van der Waals surface area contributed by atoms with Crippen LogP contribution in [0.2, 0.25) is 0 Å². The third-order valence-electron chi connectivity index (χ3n) is 2.87. The molecule has 1 heterocycles. The SMILES string of the molecule is CCOC(=O)CCc1c[nH]c2ccc([N+](=O)[O-])cc12. The summed E-state index contributed by atoms with van der Waals surface area (Å²) in [4.78, 5) is 24.7. The van der Waals surface area contributed by atoms with E-state index in [0.717, 1.165) is 16.5 Å². The van der Waals surface area contributed by atoms with Gasteiger partial charge in [0.2, 0.25) is 0 Å². The maximum atomic E-state index is 11.3. The minimum atomic E-state index is -0.429. The number of H-pyrrole nitrogens is 1. The molecule has 2 rings (SSSR count). The maximum absolute atomic E-state index is 11.3. The zero-order valence-corrected chi connectivity index (χ0v) is 10.5. The number of nitro groups is 1. The van der Waals surface area contributed by atoms with Crippen molar-refractivity contribution in [3.63, 3.8) is 0 Å². The number of hydrogen-bond donors (Lipinski definition) is 1. The van der Waals surface area contributed by atoms with Gasteiger partial charge >= 0.3 is 5.97 Å². The summed E-state index contributed by atoms with van der Waals surface area (Å²) in [7, 11) is 0. The van der Waals surface area contributed by atoms with E-state index in [2.05, 4.69) is 4.98 Å². The number of aryl methyl sites for hydroxylation is 1. The molecule has 0 fully saturated rings. The molecule has 19 heavy (non-hydrogen) atoms. The first-order chi connectivity index (χ1) is 9.11. The smallest absolute Gasteiger partial charge is 0.306 e. The summed E-state index contributed by atoms with van der Waals surface area (Å²) < 4.78 is 4.86. The molecular formula is C13H14N2O4. The molecule has 0 bridgehead atoms. The summed E-state index contributed by atoms with van der Waals surface area (Å²) in [6, 6.07) is 4.64.